The molecule has 31 heavy (non-hydrogen) atoms. The number of rotatable bonds is 9. The quantitative estimate of drug-likeness (QED) is 0.526. The van der Waals surface area contributed by atoms with Crippen LogP contribution < -0.4 is 30.4 Å². The van der Waals surface area contributed by atoms with Gasteiger partial charge in [0.25, 0.3) is 17.7 Å². The first kappa shape index (κ1) is 23.5. The lowest BCUT2D eigenvalue weighted by Gasteiger charge is -2.14. The Morgan fingerprint density at radius 1 is 0.903 bits per heavy atom. The van der Waals surface area contributed by atoms with E-state index >= 15 is 0 Å². The number of amides is 3. The number of hydrogen-bond acceptors (Lipinski definition) is 6. The molecule has 0 atom stereocenters. The van der Waals surface area contributed by atoms with Gasteiger partial charge in [0.05, 0.1) is 26.4 Å². The number of carbonyl (C=O) groups is 3. The SMILES string of the molecule is CCOc1ccc(C(=O)NCC(=O)NNC(=O)c2ccc(OC(C)C)c(OC)c2)cc1. The molecule has 0 spiro atoms. The Hall–Kier alpha value is -3.75. The standard InChI is InChI=1S/C22H27N3O6/c1-5-30-17-9-6-15(7-10-17)21(27)23-13-20(26)24-25-22(28)16-8-11-18(31-14(2)3)19(12-16)29-4/h6-12,14H,5,13H2,1-4H3,(H,23,27)(H,24,26)(H,25,28). The minimum Gasteiger partial charge on any atom is -0.494 e. The summed E-state index contributed by atoms with van der Waals surface area (Å²) in [5.41, 5.74) is 5.20. The first-order chi connectivity index (χ1) is 14.8. The van der Waals surface area contributed by atoms with Crippen LogP contribution in [0.3, 0.4) is 0 Å². The minimum absolute atomic E-state index is 0.0503. The highest BCUT2D eigenvalue weighted by molar-refractivity contribution is 5.98. The molecule has 0 aliphatic rings. The van der Waals surface area contributed by atoms with Crippen molar-refractivity contribution in [1.29, 1.82) is 0 Å². The first-order valence-electron chi connectivity index (χ1n) is 9.79. The van der Waals surface area contributed by atoms with Gasteiger partial charge in [-0.2, -0.15) is 0 Å². The average Bonchev–Trinajstić information content (AvgIpc) is 2.76. The van der Waals surface area contributed by atoms with Crippen molar-refractivity contribution in [3.8, 4) is 17.2 Å². The number of nitrogens with one attached hydrogen (secondary N) is 3. The average molecular weight is 429 g/mol. The molecule has 166 valence electrons. The second-order valence-corrected chi connectivity index (χ2v) is 6.67. The molecule has 9 nitrogen and oxygen atoms in total. The maximum absolute atomic E-state index is 12.3. The molecule has 9 heteroatoms. The zero-order chi connectivity index (χ0) is 22.8. The van der Waals surface area contributed by atoms with E-state index < -0.39 is 17.7 Å². The molecule has 0 saturated carbocycles. The number of benzene rings is 2. The van der Waals surface area contributed by atoms with Crippen LogP contribution in [0.25, 0.3) is 0 Å². The third-order valence-corrected chi connectivity index (χ3v) is 3.94. The molecule has 0 aliphatic carbocycles. The number of carbonyl (C=O) groups excluding carboxylic acids is 3. The molecule has 0 unspecified atom stereocenters. The third kappa shape index (κ3) is 7.22. The van der Waals surface area contributed by atoms with Crippen LogP contribution in [0.4, 0.5) is 0 Å². The lowest BCUT2D eigenvalue weighted by atomic mass is 10.2. The predicted octanol–water partition coefficient (Wildman–Crippen LogP) is 2.07. The zero-order valence-electron chi connectivity index (χ0n) is 18.0. The van der Waals surface area contributed by atoms with Crippen LogP contribution in [0, 0.1) is 0 Å². The molecule has 0 saturated heterocycles. The Morgan fingerprint density at radius 3 is 2.19 bits per heavy atom. The van der Waals surface area contributed by atoms with Crippen molar-refractivity contribution >= 4 is 17.7 Å². The van der Waals surface area contributed by atoms with Crippen LogP contribution in [0.15, 0.2) is 42.5 Å². The molecule has 0 aliphatic heterocycles. The second kappa shape index (κ2) is 11.4. The fourth-order valence-corrected chi connectivity index (χ4v) is 2.53. The monoisotopic (exact) mass is 429 g/mol. The Labute approximate surface area is 181 Å². The summed E-state index contributed by atoms with van der Waals surface area (Å²) in [4.78, 5) is 36.3. The molecule has 0 heterocycles. The van der Waals surface area contributed by atoms with Gasteiger partial charge in [0.2, 0.25) is 0 Å². The van der Waals surface area contributed by atoms with Crippen LogP contribution in [0.5, 0.6) is 17.2 Å². The Morgan fingerprint density at radius 2 is 1.58 bits per heavy atom. The van der Waals surface area contributed by atoms with Gasteiger partial charge in [-0.25, -0.2) is 0 Å². The van der Waals surface area contributed by atoms with E-state index in [2.05, 4.69) is 16.2 Å². The number of hydrogen-bond donors (Lipinski definition) is 3. The van der Waals surface area contributed by atoms with Crippen LogP contribution in [0.1, 0.15) is 41.5 Å². The topological polar surface area (TPSA) is 115 Å². The molecule has 2 aromatic rings. The predicted molar refractivity (Wildman–Crippen MR) is 114 cm³/mol. The van der Waals surface area contributed by atoms with Gasteiger partial charge in [-0.15, -0.1) is 0 Å². The first-order valence-corrected chi connectivity index (χ1v) is 9.79. The van der Waals surface area contributed by atoms with Gasteiger partial charge in [0.1, 0.15) is 5.75 Å². The summed E-state index contributed by atoms with van der Waals surface area (Å²) in [6.45, 7) is 5.84. The van der Waals surface area contributed by atoms with Crippen LogP contribution in [0.2, 0.25) is 0 Å². The van der Waals surface area contributed by atoms with Crippen molar-refractivity contribution in [3.63, 3.8) is 0 Å². The maximum atomic E-state index is 12.3. The van der Waals surface area contributed by atoms with Crippen LogP contribution >= 0.6 is 0 Å². The minimum atomic E-state index is -0.584. The summed E-state index contributed by atoms with van der Waals surface area (Å²) >= 11 is 0. The van der Waals surface area contributed by atoms with E-state index in [0.29, 0.717) is 29.4 Å². The molecule has 3 amide bonds. The summed E-state index contributed by atoms with van der Waals surface area (Å²) in [5, 5.41) is 2.48. The lowest BCUT2D eigenvalue weighted by Crippen LogP contribution is -2.46. The Balaban J connectivity index is 1.83. The van der Waals surface area contributed by atoms with Crippen LogP contribution in [-0.4, -0.2) is 44.1 Å². The van der Waals surface area contributed by atoms with E-state index in [-0.39, 0.29) is 18.2 Å². The van der Waals surface area contributed by atoms with E-state index in [4.69, 9.17) is 14.2 Å². The van der Waals surface area contributed by atoms with Crippen molar-refractivity contribution in [2.45, 2.75) is 26.9 Å². The number of methoxy groups -OCH3 is 1. The molecule has 3 N–H and O–H groups in total. The van der Waals surface area contributed by atoms with Crippen molar-refractivity contribution in [3.05, 3.63) is 53.6 Å². The molecular formula is C22H27N3O6. The Bertz CT molecular complexity index is 912. The van der Waals surface area contributed by atoms with E-state index in [1.165, 1.54) is 13.2 Å². The lowest BCUT2D eigenvalue weighted by molar-refractivity contribution is -0.120. The van der Waals surface area contributed by atoms with Gasteiger partial charge in [0, 0.05) is 11.1 Å². The Kier molecular flexibility index (Phi) is 8.68. The summed E-state index contributed by atoms with van der Waals surface area (Å²) in [5.74, 6) is 0.0141. The third-order valence-electron chi connectivity index (χ3n) is 3.94. The van der Waals surface area contributed by atoms with Crippen molar-refractivity contribution < 1.29 is 28.6 Å². The molecule has 0 bridgehead atoms. The van der Waals surface area contributed by atoms with Gasteiger partial charge in [-0.05, 0) is 63.2 Å². The molecule has 0 fully saturated rings. The largest absolute Gasteiger partial charge is 0.494 e. The fourth-order valence-electron chi connectivity index (χ4n) is 2.53. The summed E-state index contributed by atoms with van der Waals surface area (Å²) in [6, 6.07) is 11.2. The van der Waals surface area contributed by atoms with E-state index in [9.17, 15) is 14.4 Å². The highest BCUT2D eigenvalue weighted by Crippen LogP contribution is 2.28. The van der Waals surface area contributed by atoms with Gasteiger partial charge in [0.15, 0.2) is 11.5 Å². The number of ether oxygens (including phenoxy) is 3. The molecular weight excluding hydrogens is 402 g/mol. The highest BCUT2D eigenvalue weighted by Gasteiger charge is 2.13. The van der Waals surface area contributed by atoms with E-state index in [1.807, 2.05) is 20.8 Å². The van der Waals surface area contributed by atoms with Gasteiger partial charge < -0.3 is 19.5 Å². The van der Waals surface area contributed by atoms with Gasteiger partial charge >= 0.3 is 0 Å². The van der Waals surface area contributed by atoms with E-state index in [1.54, 1.807) is 36.4 Å². The maximum Gasteiger partial charge on any atom is 0.269 e. The van der Waals surface area contributed by atoms with E-state index in [0.717, 1.165) is 0 Å². The highest BCUT2D eigenvalue weighted by atomic mass is 16.5. The molecule has 0 aromatic heterocycles. The summed E-state index contributed by atoms with van der Waals surface area (Å²) in [6.07, 6.45) is -0.0503. The summed E-state index contributed by atoms with van der Waals surface area (Å²) < 4.78 is 16.2. The molecule has 2 aromatic carbocycles. The smallest absolute Gasteiger partial charge is 0.269 e. The van der Waals surface area contributed by atoms with Crippen LogP contribution in [-0.2, 0) is 4.79 Å². The second-order valence-electron chi connectivity index (χ2n) is 6.67. The molecule has 2 rings (SSSR count). The molecule has 0 radical (unpaired) electrons. The van der Waals surface area contributed by atoms with Gasteiger partial charge in [-0.3, -0.25) is 25.2 Å². The number of hydrazine groups is 1. The normalized spacial score (nSPS) is 10.2. The van der Waals surface area contributed by atoms with Crippen molar-refractivity contribution in [2.75, 3.05) is 20.3 Å². The van der Waals surface area contributed by atoms with Crippen molar-refractivity contribution in [2.24, 2.45) is 0 Å². The van der Waals surface area contributed by atoms with Gasteiger partial charge in [-0.1, -0.05) is 0 Å². The zero-order valence-corrected chi connectivity index (χ0v) is 18.0. The fraction of sp³-hybridized carbons (Fsp3) is 0.318. The summed E-state index contributed by atoms with van der Waals surface area (Å²) in [7, 11) is 1.47. The van der Waals surface area contributed by atoms with Crippen molar-refractivity contribution in [1.82, 2.24) is 16.2 Å².